The smallest absolute Gasteiger partial charge is 0.142 e. The first kappa shape index (κ1) is 21.6. The van der Waals surface area contributed by atoms with Crippen LogP contribution in [0.1, 0.15) is 26.0 Å². The zero-order valence-electron chi connectivity index (χ0n) is 16.3. The van der Waals surface area contributed by atoms with Gasteiger partial charge in [0.1, 0.15) is 11.5 Å². The fourth-order valence-corrected chi connectivity index (χ4v) is 2.90. The van der Waals surface area contributed by atoms with Crippen LogP contribution in [0.4, 0.5) is 5.69 Å². The van der Waals surface area contributed by atoms with Gasteiger partial charge in [-0.05, 0) is 50.6 Å². The van der Waals surface area contributed by atoms with Gasteiger partial charge < -0.3 is 23.5 Å². The van der Waals surface area contributed by atoms with E-state index in [4.69, 9.17) is 30.2 Å². The first-order chi connectivity index (χ1) is 13.2. The van der Waals surface area contributed by atoms with E-state index in [9.17, 15) is 0 Å². The molecule has 0 saturated heterocycles. The number of hydrogen-bond acceptors (Lipinski definition) is 5. The van der Waals surface area contributed by atoms with E-state index in [-0.39, 0.29) is 0 Å². The van der Waals surface area contributed by atoms with Crippen molar-refractivity contribution in [3.63, 3.8) is 0 Å². The number of likely N-dealkylation sites (N-methyl/N-ethyl adjacent to an activating group) is 1. The van der Waals surface area contributed by atoms with Crippen molar-refractivity contribution in [1.82, 2.24) is 0 Å². The molecule has 0 fully saturated rings. The van der Waals surface area contributed by atoms with Gasteiger partial charge in [-0.3, -0.25) is 0 Å². The number of benzene rings is 1. The molecule has 0 aliphatic carbocycles. The molecule has 6 heteroatoms. The molecule has 5 nitrogen and oxygen atoms in total. The number of nitrogens with zero attached hydrogens (tertiary/aromatic N) is 1. The van der Waals surface area contributed by atoms with E-state index >= 15 is 0 Å². The van der Waals surface area contributed by atoms with E-state index in [1.165, 1.54) is 0 Å². The molecular weight excluding hydrogens is 366 g/mol. The molecule has 0 radical (unpaired) electrons. The number of aryl methyl sites for hydroxylation is 1. The Morgan fingerprint density at radius 3 is 2.63 bits per heavy atom. The van der Waals surface area contributed by atoms with Crippen molar-refractivity contribution in [2.75, 3.05) is 51.0 Å². The van der Waals surface area contributed by atoms with Gasteiger partial charge >= 0.3 is 0 Å². The summed E-state index contributed by atoms with van der Waals surface area (Å²) in [7, 11) is 0. The molecule has 1 heterocycles. The van der Waals surface area contributed by atoms with Crippen molar-refractivity contribution in [1.29, 1.82) is 0 Å². The summed E-state index contributed by atoms with van der Waals surface area (Å²) in [6.07, 6.45) is 3.45. The summed E-state index contributed by atoms with van der Waals surface area (Å²) in [4.78, 5) is 2.22. The Kier molecular flexibility index (Phi) is 10.1. The lowest BCUT2D eigenvalue weighted by Gasteiger charge is -2.25. The molecule has 0 spiro atoms. The summed E-state index contributed by atoms with van der Waals surface area (Å²) in [6, 6.07) is 9.64. The van der Waals surface area contributed by atoms with Gasteiger partial charge in [-0.1, -0.05) is 11.6 Å². The minimum atomic E-state index is 0.608. The molecule has 2 aromatic rings. The second-order valence-electron chi connectivity index (χ2n) is 6.03. The maximum absolute atomic E-state index is 6.22. The SMILES string of the molecule is CCOCCOCCN(CC)c1cc(Cl)ccc1OCCCc1ccco1. The second-order valence-corrected chi connectivity index (χ2v) is 6.47. The van der Waals surface area contributed by atoms with Crippen molar-refractivity contribution in [3.05, 3.63) is 47.4 Å². The number of furan rings is 1. The predicted molar refractivity (Wildman–Crippen MR) is 109 cm³/mol. The summed E-state index contributed by atoms with van der Waals surface area (Å²) >= 11 is 6.22. The first-order valence-electron chi connectivity index (χ1n) is 9.59. The quantitative estimate of drug-likeness (QED) is 0.429. The average molecular weight is 396 g/mol. The highest BCUT2D eigenvalue weighted by Crippen LogP contribution is 2.31. The minimum absolute atomic E-state index is 0.608. The van der Waals surface area contributed by atoms with Crippen molar-refractivity contribution < 1.29 is 18.6 Å². The Morgan fingerprint density at radius 1 is 1.04 bits per heavy atom. The van der Waals surface area contributed by atoms with Crippen LogP contribution in [0.2, 0.25) is 5.02 Å². The summed E-state index contributed by atoms with van der Waals surface area (Å²) in [5, 5.41) is 0.698. The van der Waals surface area contributed by atoms with E-state index in [0.29, 0.717) is 38.1 Å². The van der Waals surface area contributed by atoms with Gasteiger partial charge in [0.05, 0.1) is 38.4 Å². The maximum Gasteiger partial charge on any atom is 0.142 e. The lowest BCUT2D eigenvalue weighted by molar-refractivity contribution is 0.0556. The largest absolute Gasteiger partial charge is 0.491 e. The van der Waals surface area contributed by atoms with Gasteiger partial charge in [-0.2, -0.15) is 0 Å². The van der Waals surface area contributed by atoms with Gasteiger partial charge in [0.2, 0.25) is 0 Å². The molecule has 0 atom stereocenters. The van der Waals surface area contributed by atoms with Crippen LogP contribution in [0.15, 0.2) is 41.0 Å². The first-order valence-corrected chi connectivity index (χ1v) is 9.97. The van der Waals surface area contributed by atoms with E-state index in [1.54, 1.807) is 6.26 Å². The van der Waals surface area contributed by atoms with Crippen LogP contribution < -0.4 is 9.64 Å². The normalized spacial score (nSPS) is 10.9. The number of ether oxygens (including phenoxy) is 3. The summed E-state index contributed by atoms with van der Waals surface area (Å²) in [6.45, 7) is 8.91. The third-order valence-corrected chi connectivity index (χ3v) is 4.37. The van der Waals surface area contributed by atoms with E-state index in [0.717, 1.165) is 43.1 Å². The summed E-state index contributed by atoms with van der Waals surface area (Å²) in [5.74, 6) is 1.82. The zero-order chi connectivity index (χ0) is 19.3. The molecule has 1 aromatic heterocycles. The van der Waals surface area contributed by atoms with Crippen LogP contribution in [0.25, 0.3) is 0 Å². The Labute approximate surface area is 167 Å². The zero-order valence-corrected chi connectivity index (χ0v) is 17.0. The Bertz CT molecular complexity index is 633. The van der Waals surface area contributed by atoms with Gasteiger partial charge in [-0.25, -0.2) is 0 Å². The van der Waals surface area contributed by atoms with Crippen LogP contribution >= 0.6 is 11.6 Å². The van der Waals surface area contributed by atoms with Crippen LogP contribution in [-0.4, -0.2) is 46.1 Å². The third-order valence-electron chi connectivity index (χ3n) is 4.13. The molecule has 0 saturated carbocycles. The van der Waals surface area contributed by atoms with Gasteiger partial charge in [0.15, 0.2) is 0 Å². The van der Waals surface area contributed by atoms with Crippen molar-refractivity contribution in [3.8, 4) is 5.75 Å². The molecule has 0 aliphatic rings. The number of halogens is 1. The summed E-state index contributed by atoms with van der Waals surface area (Å²) in [5.41, 5.74) is 0.997. The molecule has 0 aliphatic heterocycles. The fraction of sp³-hybridized carbons (Fsp3) is 0.524. The average Bonchev–Trinajstić information content (AvgIpc) is 3.19. The van der Waals surface area contributed by atoms with Gasteiger partial charge in [0, 0.05) is 31.1 Å². The second kappa shape index (κ2) is 12.7. The molecule has 27 heavy (non-hydrogen) atoms. The summed E-state index contributed by atoms with van der Waals surface area (Å²) < 4.78 is 22.3. The van der Waals surface area contributed by atoms with Crippen molar-refractivity contribution in [2.45, 2.75) is 26.7 Å². The number of anilines is 1. The number of rotatable bonds is 14. The highest BCUT2D eigenvalue weighted by molar-refractivity contribution is 6.30. The van der Waals surface area contributed by atoms with Crippen LogP contribution in [-0.2, 0) is 15.9 Å². The molecular formula is C21H30ClNO4. The fourth-order valence-electron chi connectivity index (χ4n) is 2.73. The van der Waals surface area contributed by atoms with Crippen molar-refractivity contribution >= 4 is 17.3 Å². The Hall–Kier alpha value is -1.69. The predicted octanol–water partition coefficient (Wildman–Crippen LogP) is 4.82. The van der Waals surface area contributed by atoms with Crippen molar-refractivity contribution in [2.24, 2.45) is 0 Å². The molecule has 0 bridgehead atoms. The van der Waals surface area contributed by atoms with Crippen LogP contribution in [0.5, 0.6) is 5.75 Å². The lowest BCUT2D eigenvalue weighted by atomic mass is 10.2. The van der Waals surface area contributed by atoms with E-state index in [1.807, 2.05) is 37.3 Å². The third kappa shape index (κ3) is 7.83. The van der Waals surface area contributed by atoms with Gasteiger partial charge in [0.25, 0.3) is 0 Å². The maximum atomic E-state index is 6.22. The molecule has 0 amide bonds. The molecule has 150 valence electrons. The van der Waals surface area contributed by atoms with E-state index < -0.39 is 0 Å². The topological polar surface area (TPSA) is 44.1 Å². The Morgan fingerprint density at radius 2 is 1.89 bits per heavy atom. The monoisotopic (exact) mass is 395 g/mol. The molecule has 2 rings (SSSR count). The standard InChI is InChI=1S/C21H30ClNO4/c1-3-23(11-14-25-16-15-24-4-2)20-17-18(22)9-10-21(20)27-13-6-8-19-7-5-12-26-19/h5,7,9-10,12,17H,3-4,6,8,11,13-16H2,1-2H3. The van der Waals surface area contributed by atoms with Gasteiger partial charge in [-0.15, -0.1) is 0 Å². The number of hydrogen-bond donors (Lipinski definition) is 0. The molecule has 1 aromatic carbocycles. The van der Waals surface area contributed by atoms with Crippen LogP contribution in [0, 0.1) is 0 Å². The van der Waals surface area contributed by atoms with E-state index in [2.05, 4.69) is 11.8 Å². The molecule has 0 unspecified atom stereocenters. The minimum Gasteiger partial charge on any atom is -0.491 e. The van der Waals surface area contributed by atoms with Crippen LogP contribution in [0.3, 0.4) is 0 Å². The highest BCUT2D eigenvalue weighted by Gasteiger charge is 2.12. The highest BCUT2D eigenvalue weighted by atomic mass is 35.5. The Balaban J connectivity index is 1.85. The molecule has 0 N–H and O–H groups in total. The lowest BCUT2D eigenvalue weighted by Crippen LogP contribution is -2.28.